The average Bonchev–Trinajstić information content (AvgIpc) is 3.22. The molecule has 1 aliphatic rings. The predicted molar refractivity (Wildman–Crippen MR) is 156 cm³/mol. The van der Waals surface area contributed by atoms with Crippen LogP contribution in [0.5, 0.6) is 11.5 Å². The van der Waals surface area contributed by atoms with Gasteiger partial charge in [-0.25, -0.2) is 9.29 Å². The molecule has 0 fully saturated rings. The van der Waals surface area contributed by atoms with Crippen LogP contribution in [0.25, 0.3) is 0 Å². The lowest BCUT2D eigenvalue weighted by Gasteiger charge is -2.15. The maximum atomic E-state index is 13.7. The summed E-state index contributed by atoms with van der Waals surface area (Å²) in [4.78, 5) is 41.9. The van der Waals surface area contributed by atoms with Crippen molar-refractivity contribution in [3.8, 4) is 11.5 Å². The van der Waals surface area contributed by atoms with E-state index in [9.17, 15) is 18.8 Å². The largest absolute Gasteiger partial charge is 0.497 e. The molecule has 8 nitrogen and oxygen atoms in total. The summed E-state index contributed by atoms with van der Waals surface area (Å²) in [5, 5.41) is 5.88. The third-order valence-electron chi connectivity index (χ3n) is 6.15. The van der Waals surface area contributed by atoms with Crippen molar-refractivity contribution in [1.29, 1.82) is 0 Å². The number of thioether (sulfide) groups is 1. The lowest BCUT2D eigenvalue weighted by atomic mass is 10.2. The van der Waals surface area contributed by atoms with Crippen molar-refractivity contribution in [3.05, 3.63) is 119 Å². The van der Waals surface area contributed by atoms with Gasteiger partial charge >= 0.3 is 0 Å². The first-order valence-corrected chi connectivity index (χ1v) is 13.2. The minimum Gasteiger partial charge on any atom is -0.497 e. The van der Waals surface area contributed by atoms with E-state index in [1.807, 2.05) is 0 Å². The molecule has 0 spiro atoms. The van der Waals surface area contributed by atoms with Crippen molar-refractivity contribution in [1.82, 2.24) is 0 Å². The number of nitrogens with zero attached hydrogens (tertiary/aromatic N) is 1. The number of amides is 3. The van der Waals surface area contributed by atoms with Crippen LogP contribution in [0.3, 0.4) is 0 Å². The Morgan fingerprint density at radius 3 is 2.05 bits per heavy atom. The molecule has 1 aliphatic heterocycles. The summed E-state index contributed by atoms with van der Waals surface area (Å²) in [6.07, 6.45) is 0. The first-order valence-electron chi connectivity index (χ1n) is 12.4. The standard InChI is InChI=1S/C31H24FN3O5S/c1-39-24-14-10-21(11-15-24)33-27-28(31(38)35(30(27)37)23-12-16-25(40-2)17-13-23)41-26-5-3-4-22(18-26)34-29(36)19-6-8-20(32)9-7-19/h3-18,33H,1-2H3,(H,34,36). The molecule has 2 N–H and O–H groups in total. The summed E-state index contributed by atoms with van der Waals surface area (Å²) in [6, 6.07) is 25.7. The summed E-state index contributed by atoms with van der Waals surface area (Å²) in [7, 11) is 3.09. The third-order valence-corrected chi connectivity index (χ3v) is 7.22. The van der Waals surface area contributed by atoms with Crippen LogP contribution < -0.4 is 25.0 Å². The van der Waals surface area contributed by atoms with Crippen LogP contribution in [0.1, 0.15) is 10.4 Å². The van der Waals surface area contributed by atoms with Gasteiger partial charge in [0.05, 0.1) is 19.9 Å². The number of rotatable bonds is 9. The van der Waals surface area contributed by atoms with Crippen molar-refractivity contribution in [2.24, 2.45) is 0 Å². The van der Waals surface area contributed by atoms with Gasteiger partial charge in [0.15, 0.2) is 0 Å². The van der Waals surface area contributed by atoms with E-state index in [1.165, 1.54) is 31.4 Å². The molecule has 3 amide bonds. The van der Waals surface area contributed by atoms with Crippen LogP contribution >= 0.6 is 11.8 Å². The molecule has 0 atom stereocenters. The Morgan fingerprint density at radius 2 is 1.41 bits per heavy atom. The molecule has 4 aromatic carbocycles. The van der Waals surface area contributed by atoms with Crippen LogP contribution in [0.4, 0.5) is 21.5 Å². The highest BCUT2D eigenvalue weighted by atomic mass is 32.2. The van der Waals surface area contributed by atoms with Gasteiger partial charge in [0.2, 0.25) is 0 Å². The van der Waals surface area contributed by atoms with E-state index >= 15 is 0 Å². The van der Waals surface area contributed by atoms with E-state index in [4.69, 9.17) is 9.47 Å². The Hall–Kier alpha value is -5.09. The van der Waals surface area contributed by atoms with Gasteiger partial charge in [0.25, 0.3) is 17.7 Å². The van der Waals surface area contributed by atoms with Crippen molar-refractivity contribution in [2.45, 2.75) is 4.90 Å². The second kappa shape index (κ2) is 12.0. The molecule has 0 saturated carbocycles. The number of nitrogens with one attached hydrogen (secondary N) is 2. The number of ether oxygens (including phenoxy) is 2. The van der Waals surface area contributed by atoms with Gasteiger partial charge in [-0.2, -0.15) is 0 Å². The van der Waals surface area contributed by atoms with Crippen LogP contribution in [-0.2, 0) is 9.59 Å². The Morgan fingerprint density at radius 1 is 0.780 bits per heavy atom. The summed E-state index contributed by atoms with van der Waals surface area (Å²) >= 11 is 1.10. The molecule has 1 heterocycles. The first-order chi connectivity index (χ1) is 19.9. The molecule has 0 aliphatic carbocycles. The number of carbonyl (C=O) groups excluding carboxylic acids is 3. The van der Waals surface area contributed by atoms with E-state index in [-0.39, 0.29) is 10.6 Å². The highest BCUT2D eigenvalue weighted by Crippen LogP contribution is 2.39. The van der Waals surface area contributed by atoms with Crippen LogP contribution in [0.2, 0.25) is 0 Å². The van der Waals surface area contributed by atoms with Gasteiger partial charge in [-0.3, -0.25) is 14.4 Å². The van der Waals surface area contributed by atoms with Gasteiger partial charge in [0.1, 0.15) is 27.9 Å². The summed E-state index contributed by atoms with van der Waals surface area (Å²) in [5.41, 5.74) is 1.87. The summed E-state index contributed by atoms with van der Waals surface area (Å²) in [6.45, 7) is 0. The van der Waals surface area contributed by atoms with E-state index in [0.717, 1.165) is 16.7 Å². The number of anilines is 3. The maximum Gasteiger partial charge on any atom is 0.283 e. The third kappa shape index (κ3) is 6.07. The zero-order valence-corrected chi connectivity index (χ0v) is 22.8. The molecule has 0 unspecified atom stereocenters. The molecule has 10 heteroatoms. The quantitative estimate of drug-likeness (QED) is 0.236. The first kappa shape index (κ1) is 27.5. The molecule has 0 aromatic heterocycles. The normalized spacial score (nSPS) is 12.9. The second-order valence-electron chi connectivity index (χ2n) is 8.79. The molecule has 4 aromatic rings. The number of hydrogen-bond acceptors (Lipinski definition) is 7. The van der Waals surface area contributed by atoms with Crippen LogP contribution in [-0.4, -0.2) is 31.9 Å². The zero-order valence-electron chi connectivity index (χ0n) is 22.0. The van der Waals surface area contributed by atoms with Gasteiger partial charge in [0, 0.05) is 21.8 Å². The monoisotopic (exact) mass is 569 g/mol. The van der Waals surface area contributed by atoms with Crippen LogP contribution in [0.15, 0.2) is 113 Å². The lowest BCUT2D eigenvalue weighted by Crippen LogP contribution is -2.32. The Labute approximate surface area is 239 Å². The molecule has 0 radical (unpaired) electrons. The molecule has 206 valence electrons. The number of halogens is 1. The minimum atomic E-state index is -0.515. The smallest absolute Gasteiger partial charge is 0.283 e. The SMILES string of the molecule is COc1ccc(NC2=C(Sc3cccc(NC(=O)c4ccc(F)cc4)c3)C(=O)N(c3ccc(OC)cc3)C2=O)cc1. The number of methoxy groups -OCH3 is 2. The van der Waals surface area contributed by atoms with Gasteiger partial charge in [-0.05, 0) is 91.0 Å². The fraction of sp³-hybridized carbons (Fsp3) is 0.0645. The zero-order chi connectivity index (χ0) is 28.9. The summed E-state index contributed by atoms with van der Waals surface area (Å²) in [5.74, 6) is -0.627. The molecular formula is C31H24FN3O5S. The predicted octanol–water partition coefficient (Wildman–Crippen LogP) is 6.08. The van der Waals surface area contributed by atoms with E-state index in [0.29, 0.717) is 39.0 Å². The van der Waals surface area contributed by atoms with Gasteiger partial charge in [-0.15, -0.1) is 0 Å². The molecule has 5 rings (SSSR count). The van der Waals surface area contributed by atoms with E-state index in [1.54, 1.807) is 79.9 Å². The number of hydrogen-bond donors (Lipinski definition) is 2. The molecule has 41 heavy (non-hydrogen) atoms. The van der Waals surface area contributed by atoms with Crippen molar-refractivity contribution in [3.63, 3.8) is 0 Å². The number of carbonyl (C=O) groups is 3. The van der Waals surface area contributed by atoms with E-state index < -0.39 is 23.5 Å². The van der Waals surface area contributed by atoms with Gasteiger partial charge in [-0.1, -0.05) is 17.8 Å². The van der Waals surface area contributed by atoms with E-state index in [2.05, 4.69) is 10.6 Å². The summed E-state index contributed by atoms with van der Waals surface area (Å²) < 4.78 is 23.7. The average molecular weight is 570 g/mol. The van der Waals surface area contributed by atoms with Crippen molar-refractivity contribution < 1.29 is 28.2 Å². The highest BCUT2D eigenvalue weighted by Gasteiger charge is 2.40. The second-order valence-corrected chi connectivity index (χ2v) is 9.88. The Bertz CT molecular complexity index is 1640. The molecule has 0 saturated heterocycles. The highest BCUT2D eigenvalue weighted by molar-refractivity contribution is 8.04. The maximum absolute atomic E-state index is 13.7. The topological polar surface area (TPSA) is 97.0 Å². The number of imide groups is 1. The fourth-order valence-corrected chi connectivity index (χ4v) is 5.05. The lowest BCUT2D eigenvalue weighted by molar-refractivity contribution is -0.120. The Balaban J connectivity index is 1.44. The number of benzene rings is 4. The van der Waals surface area contributed by atoms with Gasteiger partial charge < -0.3 is 20.1 Å². The fourth-order valence-electron chi connectivity index (χ4n) is 4.06. The van der Waals surface area contributed by atoms with Crippen LogP contribution in [0, 0.1) is 5.82 Å². The minimum absolute atomic E-state index is 0.113. The van der Waals surface area contributed by atoms with Crippen molar-refractivity contribution in [2.75, 3.05) is 29.8 Å². The molecular weight excluding hydrogens is 545 g/mol. The Kier molecular flexibility index (Phi) is 8.02. The van der Waals surface area contributed by atoms with Crippen molar-refractivity contribution >= 4 is 46.5 Å². The molecule has 0 bridgehead atoms.